The molecule has 0 unspecified atom stereocenters. The van der Waals surface area contributed by atoms with Gasteiger partial charge in [-0.1, -0.05) is 12.8 Å². The third-order valence-electron chi connectivity index (χ3n) is 2.81. The van der Waals surface area contributed by atoms with Crippen molar-refractivity contribution in [1.29, 1.82) is 5.26 Å². The second-order valence-electron chi connectivity index (χ2n) is 3.96. The maximum atomic E-state index is 8.63. The fourth-order valence-corrected chi connectivity index (χ4v) is 2.94. The molecule has 0 spiro atoms. The predicted molar refractivity (Wildman–Crippen MR) is 61.6 cm³/mol. The van der Waals surface area contributed by atoms with Crippen molar-refractivity contribution in [3.05, 3.63) is 23.9 Å². The summed E-state index contributed by atoms with van der Waals surface area (Å²) in [7, 11) is 0. The molecule has 0 amide bonds. The van der Waals surface area contributed by atoms with Crippen LogP contribution in [0.4, 0.5) is 0 Å². The van der Waals surface area contributed by atoms with Crippen molar-refractivity contribution >= 4 is 11.8 Å². The van der Waals surface area contributed by atoms with Gasteiger partial charge in [0, 0.05) is 11.9 Å². The van der Waals surface area contributed by atoms with E-state index in [0.717, 1.165) is 10.9 Å². The number of rotatable bonds is 3. The molecule has 1 heterocycles. The SMILES string of the molecule is N#Cc1ccc(SCC2CCCC2)nc1. The maximum absolute atomic E-state index is 8.63. The highest BCUT2D eigenvalue weighted by Gasteiger charge is 2.15. The Morgan fingerprint density at radius 3 is 2.80 bits per heavy atom. The van der Waals surface area contributed by atoms with Gasteiger partial charge in [-0.05, 0) is 30.9 Å². The largest absolute Gasteiger partial charge is 0.249 e. The summed E-state index contributed by atoms with van der Waals surface area (Å²) >= 11 is 1.82. The van der Waals surface area contributed by atoms with E-state index in [-0.39, 0.29) is 0 Å². The first-order valence-corrected chi connectivity index (χ1v) is 6.36. The van der Waals surface area contributed by atoms with Crippen LogP contribution in [0.3, 0.4) is 0 Å². The molecule has 2 nitrogen and oxygen atoms in total. The van der Waals surface area contributed by atoms with Crippen LogP contribution in [0.5, 0.6) is 0 Å². The molecule has 1 saturated carbocycles. The first-order chi connectivity index (χ1) is 7.38. The number of aromatic nitrogens is 1. The van der Waals surface area contributed by atoms with Gasteiger partial charge in [-0.25, -0.2) is 4.98 Å². The van der Waals surface area contributed by atoms with E-state index < -0.39 is 0 Å². The molecule has 1 fully saturated rings. The summed E-state index contributed by atoms with van der Waals surface area (Å²) in [6.45, 7) is 0. The van der Waals surface area contributed by atoms with Crippen LogP contribution in [0.15, 0.2) is 23.4 Å². The molecular formula is C12H14N2S. The number of thioether (sulfide) groups is 1. The smallest absolute Gasteiger partial charge is 0.101 e. The summed E-state index contributed by atoms with van der Waals surface area (Å²) in [5, 5.41) is 9.68. The van der Waals surface area contributed by atoms with Crippen LogP contribution in [-0.4, -0.2) is 10.7 Å². The summed E-state index contributed by atoms with van der Waals surface area (Å²) in [6, 6.07) is 5.86. The van der Waals surface area contributed by atoms with Gasteiger partial charge >= 0.3 is 0 Å². The molecule has 78 valence electrons. The lowest BCUT2D eigenvalue weighted by molar-refractivity contribution is 0.623. The maximum Gasteiger partial charge on any atom is 0.101 e. The van der Waals surface area contributed by atoms with Crippen molar-refractivity contribution in [2.24, 2.45) is 5.92 Å². The Kier molecular flexibility index (Phi) is 3.63. The average molecular weight is 218 g/mol. The predicted octanol–water partition coefficient (Wildman–Crippen LogP) is 3.24. The summed E-state index contributed by atoms with van der Waals surface area (Å²) < 4.78 is 0. The second-order valence-corrected chi connectivity index (χ2v) is 5.00. The van der Waals surface area contributed by atoms with Crippen LogP contribution < -0.4 is 0 Å². The van der Waals surface area contributed by atoms with Gasteiger partial charge in [0.2, 0.25) is 0 Å². The standard InChI is InChI=1S/C12H14N2S/c13-7-11-5-6-12(14-8-11)15-9-10-3-1-2-4-10/h5-6,8,10H,1-4,9H2. The minimum atomic E-state index is 0.639. The topological polar surface area (TPSA) is 36.7 Å². The van der Waals surface area contributed by atoms with E-state index in [1.807, 2.05) is 23.9 Å². The Morgan fingerprint density at radius 1 is 1.40 bits per heavy atom. The Hall–Kier alpha value is -1.01. The van der Waals surface area contributed by atoms with Gasteiger partial charge in [0.25, 0.3) is 0 Å². The van der Waals surface area contributed by atoms with Crippen molar-refractivity contribution in [2.45, 2.75) is 30.7 Å². The van der Waals surface area contributed by atoms with E-state index in [0.29, 0.717) is 5.56 Å². The average Bonchev–Trinajstić information content (AvgIpc) is 2.80. The van der Waals surface area contributed by atoms with Crippen LogP contribution in [0, 0.1) is 17.2 Å². The summed E-state index contributed by atoms with van der Waals surface area (Å²) in [4.78, 5) is 4.25. The molecule has 0 saturated heterocycles. The Morgan fingerprint density at radius 2 is 2.20 bits per heavy atom. The first kappa shape index (κ1) is 10.5. The summed E-state index contributed by atoms with van der Waals surface area (Å²) in [5.41, 5.74) is 0.639. The van der Waals surface area contributed by atoms with Gasteiger partial charge in [0.1, 0.15) is 6.07 Å². The van der Waals surface area contributed by atoms with E-state index in [9.17, 15) is 0 Å². The van der Waals surface area contributed by atoms with Crippen LogP contribution in [-0.2, 0) is 0 Å². The molecule has 1 aromatic rings. The van der Waals surface area contributed by atoms with Gasteiger partial charge in [0.05, 0.1) is 10.6 Å². The van der Waals surface area contributed by atoms with Gasteiger partial charge in [0.15, 0.2) is 0 Å². The molecule has 1 aliphatic rings. The van der Waals surface area contributed by atoms with Crippen LogP contribution in [0.2, 0.25) is 0 Å². The zero-order valence-electron chi connectivity index (χ0n) is 8.65. The quantitative estimate of drug-likeness (QED) is 0.731. The van der Waals surface area contributed by atoms with E-state index in [1.54, 1.807) is 6.20 Å². The molecule has 2 rings (SSSR count). The highest BCUT2D eigenvalue weighted by atomic mass is 32.2. The summed E-state index contributed by atoms with van der Waals surface area (Å²) in [5.74, 6) is 2.06. The normalized spacial score (nSPS) is 16.5. The van der Waals surface area contributed by atoms with Crippen LogP contribution in [0.1, 0.15) is 31.2 Å². The zero-order chi connectivity index (χ0) is 10.5. The zero-order valence-corrected chi connectivity index (χ0v) is 9.46. The first-order valence-electron chi connectivity index (χ1n) is 5.37. The minimum Gasteiger partial charge on any atom is -0.249 e. The lowest BCUT2D eigenvalue weighted by Crippen LogP contribution is -1.96. The van der Waals surface area contributed by atoms with Gasteiger partial charge in [-0.15, -0.1) is 11.8 Å². The third-order valence-corrected chi connectivity index (χ3v) is 3.98. The molecule has 0 radical (unpaired) electrons. The molecule has 1 aliphatic carbocycles. The van der Waals surface area contributed by atoms with Gasteiger partial charge < -0.3 is 0 Å². The van der Waals surface area contributed by atoms with Gasteiger partial charge in [-0.3, -0.25) is 0 Å². The minimum absolute atomic E-state index is 0.639. The summed E-state index contributed by atoms with van der Waals surface area (Å²) in [6.07, 6.45) is 7.20. The number of hydrogen-bond donors (Lipinski definition) is 0. The Balaban J connectivity index is 1.85. The van der Waals surface area contributed by atoms with E-state index in [1.165, 1.54) is 31.4 Å². The fraction of sp³-hybridized carbons (Fsp3) is 0.500. The monoisotopic (exact) mass is 218 g/mol. The molecule has 3 heteroatoms. The number of nitriles is 1. The molecule has 0 N–H and O–H groups in total. The Labute approximate surface area is 94.7 Å². The van der Waals surface area contributed by atoms with Crippen molar-refractivity contribution in [1.82, 2.24) is 4.98 Å². The molecule has 0 aromatic carbocycles. The third kappa shape index (κ3) is 2.97. The van der Waals surface area contributed by atoms with Gasteiger partial charge in [-0.2, -0.15) is 5.26 Å². The van der Waals surface area contributed by atoms with Crippen molar-refractivity contribution in [3.8, 4) is 6.07 Å². The second kappa shape index (κ2) is 5.18. The highest BCUT2D eigenvalue weighted by molar-refractivity contribution is 7.99. The molecule has 15 heavy (non-hydrogen) atoms. The van der Waals surface area contributed by atoms with E-state index in [4.69, 9.17) is 5.26 Å². The van der Waals surface area contributed by atoms with Crippen molar-refractivity contribution in [2.75, 3.05) is 5.75 Å². The lowest BCUT2D eigenvalue weighted by Gasteiger charge is -2.06. The Bertz CT molecular complexity index is 347. The number of nitrogens with zero attached hydrogens (tertiary/aromatic N) is 2. The highest BCUT2D eigenvalue weighted by Crippen LogP contribution is 2.30. The molecule has 0 aliphatic heterocycles. The van der Waals surface area contributed by atoms with Crippen LogP contribution >= 0.6 is 11.8 Å². The van der Waals surface area contributed by atoms with E-state index >= 15 is 0 Å². The number of pyridine rings is 1. The van der Waals surface area contributed by atoms with Crippen LogP contribution in [0.25, 0.3) is 0 Å². The molecule has 0 atom stereocenters. The molecule has 0 bridgehead atoms. The van der Waals surface area contributed by atoms with Crippen molar-refractivity contribution in [3.63, 3.8) is 0 Å². The van der Waals surface area contributed by atoms with Crippen molar-refractivity contribution < 1.29 is 0 Å². The lowest BCUT2D eigenvalue weighted by atomic mass is 10.1. The molecule has 1 aromatic heterocycles. The fourth-order valence-electron chi connectivity index (χ4n) is 1.91. The number of hydrogen-bond acceptors (Lipinski definition) is 3. The van der Waals surface area contributed by atoms with E-state index in [2.05, 4.69) is 11.1 Å². The molecular weight excluding hydrogens is 204 g/mol.